The molecule has 5 nitrogen and oxygen atoms in total. The zero-order valence-corrected chi connectivity index (χ0v) is 11.3. The summed E-state index contributed by atoms with van der Waals surface area (Å²) in [5, 5.41) is 11.5. The third kappa shape index (κ3) is 1.88. The van der Waals surface area contributed by atoms with Gasteiger partial charge in [0.15, 0.2) is 0 Å². The molecule has 0 heterocycles. The Hall–Kier alpha value is -1.91. The smallest absolute Gasteiger partial charge is 0.223 e. The van der Waals surface area contributed by atoms with Crippen LogP contribution in [-0.2, 0) is 4.79 Å². The van der Waals surface area contributed by atoms with E-state index < -0.39 is 6.04 Å². The second kappa shape index (κ2) is 4.89. The fourth-order valence-electron chi connectivity index (χ4n) is 3.91. The van der Waals surface area contributed by atoms with Crippen LogP contribution < -0.4 is 4.74 Å². The van der Waals surface area contributed by atoms with E-state index in [9.17, 15) is 14.9 Å². The zero-order chi connectivity index (χ0) is 14.3. The van der Waals surface area contributed by atoms with Crippen LogP contribution in [0.15, 0.2) is 24.3 Å². The highest BCUT2D eigenvalue weighted by atomic mass is 16.6. The first kappa shape index (κ1) is 13.1. The second-order valence-electron chi connectivity index (χ2n) is 5.66. The van der Waals surface area contributed by atoms with E-state index in [0.717, 1.165) is 18.4 Å². The number of ketones is 1. The van der Waals surface area contributed by atoms with Crippen molar-refractivity contribution in [1.82, 2.24) is 0 Å². The maximum Gasteiger partial charge on any atom is 0.223 e. The molecular weight excluding hydrogens is 258 g/mol. The lowest BCUT2D eigenvalue weighted by Crippen LogP contribution is -2.50. The minimum Gasteiger partial charge on any atom is -0.496 e. The van der Waals surface area contributed by atoms with Crippen LogP contribution in [0.2, 0.25) is 0 Å². The van der Waals surface area contributed by atoms with Crippen molar-refractivity contribution < 1.29 is 14.5 Å². The van der Waals surface area contributed by atoms with E-state index in [1.54, 1.807) is 13.2 Å². The van der Waals surface area contributed by atoms with Crippen LogP contribution in [0, 0.1) is 22.0 Å². The first-order valence-corrected chi connectivity index (χ1v) is 6.92. The first-order chi connectivity index (χ1) is 9.63. The molecule has 4 atom stereocenters. The Kier molecular flexibility index (Phi) is 3.20. The molecule has 106 valence electrons. The highest BCUT2D eigenvalue weighted by molar-refractivity contribution is 5.84. The SMILES string of the molecule is COc1ccccc1[C@@H]1[C@@H]([N+](=O)[O-])[C@H]2CC[C@@H]1C(=O)C2. The van der Waals surface area contributed by atoms with Gasteiger partial charge in [-0.1, -0.05) is 18.2 Å². The summed E-state index contributed by atoms with van der Waals surface area (Å²) in [6, 6.07) is 6.68. The van der Waals surface area contributed by atoms with Crippen molar-refractivity contribution in [3.05, 3.63) is 39.9 Å². The first-order valence-electron chi connectivity index (χ1n) is 6.92. The van der Waals surface area contributed by atoms with E-state index in [1.165, 1.54) is 0 Å². The van der Waals surface area contributed by atoms with E-state index in [-0.39, 0.29) is 28.5 Å². The number of para-hydroxylation sites is 1. The van der Waals surface area contributed by atoms with Gasteiger partial charge in [-0.25, -0.2) is 0 Å². The number of nitrogens with zero attached hydrogens (tertiary/aromatic N) is 1. The Morgan fingerprint density at radius 1 is 1.30 bits per heavy atom. The van der Waals surface area contributed by atoms with Gasteiger partial charge in [-0.3, -0.25) is 14.9 Å². The standard InChI is InChI=1S/C15H17NO4/c1-20-13-5-3-2-4-11(13)14-10-7-6-9(8-12(10)17)15(14)16(18)19/h2-5,9-10,14-15H,6-8H2,1H3/t9-,10+,14+,15-/m0/s1. The van der Waals surface area contributed by atoms with Gasteiger partial charge in [-0.05, 0) is 18.9 Å². The molecule has 0 radical (unpaired) electrons. The molecule has 4 rings (SSSR count). The molecule has 0 unspecified atom stereocenters. The number of rotatable bonds is 3. The Labute approximate surface area is 117 Å². The Bertz CT molecular complexity index is 557. The molecule has 20 heavy (non-hydrogen) atoms. The summed E-state index contributed by atoms with van der Waals surface area (Å²) in [6.45, 7) is 0. The van der Waals surface area contributed by atoms with E-state index in [0.29, 0.717) is 12.2 Å². The highest BCUT2D eigenvalue weighted by Gasteiger charge is 2.55. The van der Waals surface area contributed by atoms with Crippen molar-refractivity contribution in [3.63, 3.8) is 0 Å². The van der Waals surface area contributed by atoms with Crippen LogP contribution in [-0.4, -0.2) is 23.9 Å². The number of fused-ring (bicyclic) bond motifs is 3. The van der Waals surface area contributed by atoms with Gasteiger partial charge in [0.2, 0.25) is 6.04 Å². The minimum absolute atomic E-state index is 0.127. The maximum absolute atomic E-state index is 12.1. The fraction of sp³-hybridized carbons (Fsp3) is 0.533. The van der Waals surface area contributed by atoms with Gasteiger partial charge in [0.05, 0.1) is 13.0 Å². The Morgan fingerprint density at radius 3 is 2.70 bits per heavy atom. The summed E-state index contributed by atoms with van der Waals surface area (Å²) in [6.07, 6.45) is 1.91. The highest BCUT2D eigenvalue weighted by Crippen LogP contribution is 2.50. The Balaban J connectivity index is 2.08. The van der Waals surface area contributed by atoms with Crippen molar-refractivity contribution in [2.24, 2.45) is 11.8 Å². The van der Waals surface area contributed by atoms with Crippen molar-refractivity contribution in [3.8, 4) is 5.75 Å². The average Bonchev–Trinajstić information content (AvgIpc) is 2.46. The largest absolute Gasteiger partial charge is 0.496 e. The number of carbonyl (C=O) groups excluding carboxylic acids is 1. The molecule has 2 bridgehead atoms. The van der Waals surface area contributed by atoms with Crippen LogP contribution in [0.4, 0.5) is 0 Å². The molecule has 3 aliphatic rings. The van der Waals surface area contributed by atoms with Gasteiger partial charge in [-0.2, -0.15) is 0 Å². The lowest BCUT2D eigenvalue weighted by Gasteiger charge is -2.43. The van der Waals surface area contributed by atoms with Gasteiger partial charge < -0.3 is 4.74 Å². The predicted molar refractivity (Wildman–Crippen MR) is 72.4 cm³/mol. The number of Topliss-reactive ketones (excluding diaryl/α,β-unsaturated/α-hetero) is 1. The van der Waals surface area contributed by atoms with Crippen molar-refractivity contribution in [2.75, 3.05) is 7.11 Å². The van der Waals surface area contributed by atoms with Crippen molar-refractivity contribution in [2.45, 2.75) is 31.2 Å². The molecule has 3 aliphatic carbocycles. The summed E-state index contributed by atoms with van der Waals surface area (Å²) < 4.78 is 5.34. The topological polar surface area (TPSA) is 69.4 Å². The number of carbonyl (C=O) groups is 1. The molecule has 3 fully saturated rings. The van der Waals surface area contributed by atoms with E-state index in [1.807, 2.05) is 18.2 Å². The summed E-state index contributed by atoms with van der Waals surface area (Å²) in [5.74, 6) is 0.116. The Morgan fingerprint density at radius 2 is 2.05 bits per heavy atom. The zero-order valence-electron chi connectivity index (χ0n) is 11.3. The number of benzene rings is 1. The number of hydrogen-bond donors (Lipinski definition) is 0. The summed E-state index contributed by atoms with van der Waals surface area (Å²) in [7, 11) is 1.56. The van der Waals surface area contributed by atoms with E-state index in [4.69, 9.17) is 4.74 Å². The van der Waals surface area contributed by atoms with Gasteiger partial charge in [-0.15, -0.1) is 0 Å². The van der Waals surface area contributed by atoms with Crippen LogP contribution in [0.25, 0.3) is 0 Å². The molecule has 1 aromatic rings. The van der Waals surface area contributed by atoms with Crippen LogP contribution >= 0.6 is 0 Å². The molecule has 0 N–H and O–H groups in total. The summed E-state index contributed by atoms with van der Waals surface area (Å²) in [4.78, 5) is 23.4. The molecule has 0 spiro atoms. The summed E-state index contributed by atoms with van der Waals surface area (Å²) >= 11 is 0. The molecular formula is C15H17NO4. The maximum atomic E-state index is 12.1. The molecule has 0 saturated heterocycles. The number of hydrogen-bond acceptors (Lipinski definition) is 4. The lowest BCUT2D eigenvalue weighted by molar-refractivity contribution is -0.542. The van der Waals surface area contributed by atoms with Gasteiger partial charge in [0, 0.05) is 28.7 Å². The molecule has 3 saturated carbocycles. The van der Waals surface area contributed by atoms with Gasteiger partial charge >= 0.3 is 0 Å². The third-order valence-corrected chi connectivity index (χ3v) is 4.75. The van der Waals surface area contributed by atoms with Crippen LogP contribution in [0.3, 0.4) is 0 Å². The van der Waals surface area contributed by atoms with Crippen LogP contribution in [0.1, 0.15) is 30.7 Å². The number of nitro groups is 1. The number of ether oxygens (including phenoxy) is 1. The predicted octanol–water partition coefficient (Wildman–Crippen LogP) is 2.42. The van der Waals surface area contributed by atoms with Crippen molar-refractivity contribution in [1.29, 1.82) is 0 Å². The monoisotopic (exact) mass is 275 g/mol. The normalized spacial score (nSPS) is 32.1. The van der Waals surface area contributed by atoms with E-state index in [2.05, 4.69) is 0 Å². The van der Waals surface area contributed by atoms with Crippen LogP contribution in [0.5, 0.6) is 5.75 Å². The summed E-state index contributed by atoms with van der Waals surface area (Å²) in [5.41, 5.74) is 0.805. The average molecular weight is 275 g/mol. The van der Waals surface area contributed by atoms with Crippen molar-refractivity contribution >= 4 is 5.78 Å². The second-order valence-corrected chi connectivity index (χ2v) is 5.66. The lowest BCUT2D eigenvalue weighted by atomic mass is 9.59. The van der Waals surface area contributed by atoms with Gasteiger partial charge in [0.1, 0.15) is 11.5 Å². The van der Waals surface area contributed by atoms with E-state index >= 15 is 0 Å². The molecule has 0 aromatic heterocycles. The number of methoxy groups -OCH3 is 1. The fourth-order valence-corrected chi connectivity index (χ4v) is 3.91. The molecule has 1 aromatic carbocycles. The quantitative estimate of drug-likeness (QED) is 0.627. The molecule has 0 aliphatic heterocycles. The minimum atomic E-state index is -0.664. The third-order valence-electron chi connectivity index (χ3n) is 4.75. The molecule has 0 amide bonds. The molecule has 5 heteroatoms. The van der Waals surface area contributed by atoms with Gasteiger partial charge in [0.25, 0.3) is 0 Å².